The molecule has 0 aliphatic carbocycles. The van der Waals surface area contributed by atoms with E-state index in [2.05, 4.69) is 16.0 Å². The Hall–Kier alpha value is -1.18. The van der Waals surface area contributed by atoms with Crippen LogP contribution in [0.15, 0.2) is 23.4 Å². The SMILES string of the molecule is Cc1ccc2nc(SCC(Cl)C#N)[nH]c2c1. The quantitative estimate of drug-likeness (QED) is 0.674. The number of nitrogens with zero attached hydrogens (tertiary/aromatic N) is 2. The summed E-state index contributed by atoms with van der Waals surface area (Å²) in [5, 5.41) is 8.90. The second-order valence-corrected chi connectivity index (χ2v) is 5.01. The molecule has 1 aromatic carbocycles. The summed E-state index contributed by atoms with van der Waals surface area (Å²) >= 11 is 7.18. The monoisotopic (exact) mass is 251 g/mol. The number of H-pyrrole nitrogens is 1. The highest BCUT2D eigenvalue weighted by molar-refractivity contribution is 7.99. The first-order chi connectivity index (χ1) is 7.69. The molecule has 1 atom stereocenters. The van der Waals surface area contributed by atoms with Crippen molar-refractivity contribution in [2.45, 2.75) is 17.5 Å². The fraction of sp³-hybridized carbons (Fsp3) is 0.273. The summed E-state index contributed by atoms with van der Waals surface area (Å²) < 4.78 is 0. The molecule has 1 heterocycles. The normalized spacial score (nSPS) is 12.6. The number of nitrogens with one attached hydrogen (secondary N) is 1. The summed E-state index contributed by atoms with van der Waals surface area (Å²) in [5.41, 5.74) is 3.15. The zero-order chi connectivity index (χ0) is 11.5. The lowest BCUT2D eigenvalue weighted by Crippen LogP contribution is -1.97. The molecule has 1 unspecified atom stereocenters. The molecule has 2 aromatic rings. The van der Waals surface area contributed by atoms with E-state index in [0.29, 0.717) is 5.75 Å². The Bertz CT molecular complexity index is 544. The number of fused-ring (bicyclic) bond motifs is 1. The number of thioether (sulfide) groups is 1. The number of benzene rings is 1. The van der Waals surface area contributed by atoms with Gasteiger partial charge < -0.3 is 4.98 Å². The van der Waals surface area contributed by atoms with Gasteiger partial charge in [-0.3, -0.25) is 0 Å². The Morgan fingerprint density at radius 3 is 3.19 bits per heavy atom. The summed E-state index contributed by atoms with van der Waals surface area (Å²) in [5.74, 6) is 0.539. The number of imidazole rings is 1. The molecule has 1 aromatic heterocycles. The van der Waals surface area contributed by atoms with Crippen molar-refractivity contribution >= 4 is 34.4 Å². The molecular weight excluding hydrogens is 242 g/mol. The van der Waals surface area contributed by atoms with E-state index in [1.165, 1.54) is 17.3 Å². The van der Waals surface area contributed by atoms with Crippen molar-refractivity contribution in [1.29, 1.82) is 5.26 Å². The van der Waals surface area contributed by atoms with Crippen molar-refractivity contribution in [1.82, 2.24) is 9.97 Å². The van der Waals surface area contributed by atoms with Gasteiger partial charge in [-0.15, -0.1) is 11.6 Å². The molecule has 0 spiro atoms. The molecule has 2 rings (SSSR count). The van der Waals surface area contributed by atoms with Crippen molar-refractivity contribution in [3.63, 3.8) is 0 Å². The van der Waals surface area contributed by atoms with E-state index in [0.717, 1.165) is 16.2 Å². The van der Waals surface area contributed by atoms with Crippen LogP contribution in [0, 0.1) is 18.3 Å². The van der Waals surface area contributed by atoms with Gasteiger partial charge in [0, 0.05) is 5.75 Å². The molecule has 0 fully saturated rings. The van der Waals surface area contributed by atoms with E-state index in [-0.39, 0.29) is 0 Å². The number of alkyl halides is 1. The van der Waals surface area contributed by atoms with E-state index >= 15 is 0 Å². The van der Waals surface area contributed by atoms with Crippen LogP contribution in [0.25, 0.3) is 11.0 Å². The lowest BCUT2D eigenvalue weighted by Gasteiger charge is -1.95. The van der Waals surface area contributed by atoms with Gasteiger partial charge in [0.05, 0.1) is 17.1 Å². The first-order valence-electron chi connectivity index (χ1n) is 4.82. The van der Waals surface area contributed by atoms with Gasteiger partial charge in [-0.1, -0.05) is 17.8 Å². The molecule has 0 aliphatic heterocycles. The highest BCUT2D eigenvalue weighted by atomic mass is 35.5. The van der Waals surface area contributed by atoms with E-state index in [9.17, 15) is 0 Å². The fourth-order valence-electron chi connectivity index (χ4n) is 1.36. The van der Waals surface area contributed by atoms with Gasteiger partial charge in [0.25, 0.3) is 0 Å². The van der Waals surface area contributed by atoms with Crippen LogP contribution in [-0.4, -0.2) is 21.1 Å². The third-order valence-electron chi connectivity index (χ3n) is 2.12. The van der Waals surface area contributed by atoms with Gasteiger partial charge in [-0.25, -0.2) is 4.98 Å². The maximum atomic E-state index is 8.56. The maximum Gasteiger partial charge on any atom is 0.166 e. The molecular formula is C11H10ClN3S. The van der Waals surface area contributed by atoms with Gasteiger partial charge in [0.2, 0.25) is 0 Å². The number of nitriles is 1. The van der Waals surface area contributed by atoms with Crippen LogP contribution in [-0.2, 0) is 0 Å². The number of hydrogen-bond acceptors (Lipinski definition) is 3. The molecule has 0 saturated heterocycles. The average molecular weight is 252 g/mol. The van der Waals surface area contributed by atoms with Crippen molar-refractivity contribution in [2.75, 3.05) is 5.75 Å². The Labute approximate surface area is 103 Å². The van der Waals surface area contributed by atoms with Crippen molar-refractivity contribution < 1.29 is 0 Å². The van der Waals surface area contributed by atoms with Crippen LogP contribution < -0.4 is 0 Å². The zero-order valence-corrected chi connectivity index (χ0v) is 10.3. The summed E-state index contributed by atoms with van der Waals surface area (Å²) in [6, 6.07) is 8.04. The molecule has 82 valence electrons. The van der Waals surface area contributed by atoms with Crippen molar-refractivity contribution in [3.8, 4) is 6.07 Å². The van der Waals surface area contributed by atoms with E-state index < -0.39 is 5.38 Å². The van der Waals surface area contributed by atoms with Crippen molar-refractivity contribution in [3.05, 3.63) is 23.8 Å². The Kier molecular flexibility index (Phi) is 3.37. The number of aryl methyl sites for hydroxylation is 1. The third-order valence-corrected chi connectivity index (χ3v) is 3.52. The van der Waals surface area contributed by atoms with Crippen LogP contribution >= 0.6 is 23.4 Å². The third kappa shape index (κ3) is 2.49. The van der Waals surface area contributed by atoms with Gasteiger partial charge >= 0.3 is 0 Å². The molecule has 5 heteroatoms. The summed E-state index contributed by atoms with van der Waals surface area (Å²) in [7, 11) is 0. The topological polar surface area (TPSA) is 52.5 Å². The summed E-state index contributed by atoms with van der Waals surface area (Å²) in [6.07, 6.45) is 0. The number of aromatic amines is 1. The number of halogens is 1. The molecule has 0 saturated carbocycles. The minimum atomic E-state index is -0.472. The predicted octanol–water partition coefficient (Wildman–Crippen LogP) is 3.09. The second-order valence-electron chi connectivity index (χ2n) is 3.47. The largest absolute Gasteiger partial charge is 0.333 e. The highest BCUT2D eigenvalue weighted by Crippen LogP contribution is 2.21. The van der Waals surface area contributed by atoms with Crippen LogP contribution in [0.4, 0.5) is 0 Å². The minimum Gasteiger partial charge on any atom is -0.333 e. The van der Waals surface area contributed by atoms with Gasteiger partial charge in [0.1, 0.15) is 5.38 Å². The average Bonchev–Trinajstić information content (AvgIpc) is 2.67. The molecule has 0 aliphatic rings. The number of rotatable bonds is 3. The maximum absolute atomic E-state index is 8.56. The first kappa shape index (κ1) is 11.3. The van der Waals surface area contributed by atoms with E-state index in [1.54, 1.807) is 0 Å². The molecule has 0 radical (unpaired) electrons. The smallest absolute Gasteiger partial charge is 0.166 e. The molecule has 1 N–H and O–H groups in total. The van der Waals surface area contributed by atoms with Crippen molar-refractivity contribution in [2.24, 2.45) is 0 Å². The number of hydrogen-bond donors (Lipinski definition) is 1. The number of aromatic nitrogens is 2. The van der Waals surface area contributed by atoms with Crippen LogP contribution in [0.3, 0.4) is 0 Å². The Morgan fingerprint density at radius 1 is 1.62 bits per heavy atom. The first-order valence-corrected chi connectivity index (χ1v) is 6.24. The van der Waals surface area contributed by atoms with Gasteiger partial charge in [0.15, 0.2) is 5.16 Å². The van der Waals surface area contributed by atoms with Crippen LogP contribution in [0.5, 0.6) is 0 Å². The molecule has 3 nitrogen and oxygen atoms in total. The molecule has 0 bridgehead atoms. The Balaban J connectivity index is 2.17. The Morgan fingerprint density at radius 2 is 2.44 bits per heavy atom. The van der Waals surface area contributed by atoms with Crippen LogP contribution in [0.2, 0.25) is 0 Å². The highest BCUT2D eigenvalue weighted by Gasteiger charge is 2.07. The summed E-state index contributed by atoms with van der Waals surface area (Å²) in [6.45, 7) is 2.04. The second kappa shape index (κ2) is 4.77. The lowest BCUT2D eigenvalue weighted by molar-refractivity contribution is 1.07. The molecule has 0 amide bonds. The standard InChI is InChI=1S/C11H10ClN3S/c1-7-2-3-9-10(4-7)15-11(14-9)16-6-8(12)5-13/h2-4,8H,6H2,1H3,(H,14,15). The van der Waals surface area contributed by atoms with Crippen LogP contribution in [0.1, 0.15) is 5.56 Å². The van der Waals surface area contributed by atoms with Gasteiger partial charge in [-0.2, -0.15) is 5.26 Å². The predicted molar refractivity (Wildman–Crippen MR) is 66.8 cm³/mol. The molecule has 16 heavy (non-hydrogen) atoms. The fourth-order valence-corrected chi connectivity index (χ4v) is 2.27. The van der Waals surface area contributed by atoms with Gasteiger partial charge in [-0.05, 0) is 24.6 Å². The minimum absolute atomic E-state index is 0.472. The van der Waals surface area contributed by atoms with E-state index in [4.69, 9.17) is 16.9 Å². The zero-order valence-electron chi connectivity index (χ0n) is 8.70. The van der Waals surface area contributed by atoms with E-state index in [1.807, 2.05) is 25.1 Å². The lowest BCUT2D eigenvalue weighted by atomic mass is 10.2. The summed E-state index contributed by atoms with van der Waals surface area (Å²) in [4.78, 5) is 7.60.